The van der Waals surface area contributed by atoms with Gasteiger partial charge in [0, 0.05) is 39.4 Å². The second kappa shape index (κ2) is 11.1. The largest absolute Gasteiger partial charge is 0.493 e. The molecule has 8 nitrogen and oxygen atoms in total. The standard InChI is InChI=1S/C31H30ClN3O5/c1-17(2)31(37)35-24(20-12-14-25(38-3)29(40-5)28(20)39-4)16-23(34-35)27-26(18-9-7-6-8-10-18)21-15-19(32)11-13-22(21)33-30(27)36/h6-15,17,24H,16H2,1-5H3,(H,33,36). The zero-order valence-electron chi connectivity index (χ0n) is 22.9. The van der Waals surface area contributed by atoms with Crippen LogP contribution in [0.5, 0.6) is 17.2 Å². The Morgan fingerprint density at radius 3 is 2.35 bits per heavy atom. The van der Waals surface area contributed by atoms with Gasteiger partial charge in [-0.25, -0.2) is 5.01 Å². The number of fused-ring (bicyclic) bond motifs is 1. The summed E-state index contributed by atoms with van der Waals surface area (Å²) in [5, 5.41) is 7.59. The average molecular weight is 560 g/mol. The highest BCUT2D eigenvalue weighted by molar-refractivity contribution is 6.31. The van der Waals surface area contributed by atoms with Crippen LogP contribution in [0.3, 0.4) is 0 Å². The number of ether oxygens (including phenoxy) is 3. The van der Waals surface area contributed by atoms with Crippen molar-refractivity contribution < 1.29 is 19.0 Å². The first kappa shape index (κ1) is 27.3. The summed E-state index contributed by atoms with van der Waals surface area (Å²) in [6.45, 7) is 3.64. The van der Waals surface area contributed by atoms with E-state index in [-0.39, 0.29) is 23.8 Å². The lowest BCUT2D eigenvalue weighted by Crippen LogP contribution is -2.30. The first-order chi connectivity index (χ1) is 19.3. The smallest absolute Gasteiger partial charge is 0.258 e. The van der Waals surface area contributed by atoms with E-state index >= 15 is 0 Å². The fourth-order valence-electron chi connectivity index (χ4n) is 5.20. The molecule has 9 heteroatoms. The van der Waals surface area contributed by atoms with E-state index in [0.29, 0.717) is 50.2 Å². The van der Waals surface area contributed by atoms with E-state index in [9.17, 15) is 9.59 Å². The van der Waals surface area contributed by atoms with Crippen LogP contribution in [0.25, 0.3) is 22.0 Å². The molecule has 40 heavy (non-hydrogen) atoms. The van der Waals surface area contributed by atoms with Crippen LogP contribution in [0, 0.1) is 5.92 Å². The van der Waals surface area contributed by atoms with Gasteiger partial charge >= 0.3 is 0 Å². The van der Waals surface area contributed by atoms with Gasteiger partial charge in [-0.05, 0) is 35.9 Å². The number of H-pyrrole nitrogens is 1. The summed E-state index contributed by atoms with van der Waals surface area (Å²) in [4.78, 5) is 30.2. The molecule has 1 aromatic heterocycles. The molecule has 0 saturated carbocycles. The monoisotopic (exact) mass is 559 g/mol. The van der Waals surface area contributed by atoms with Crippen molar-refractivity contribution in [3.8, 4) is 28.4 Å². The second-order valence-electron chi connectivity index (χ2n) is 9.79. The van der Waals surface area contributed by atoms with Crippen LogP contribution in [0.2, 0.25) is 5.02 Å². The maximum absolute atomic E-state index is 13.7. The van der Waals surface area contributed by atoms with Gasteiger partial charge in [-0.3, -0.25) is 9.59 Å². The van der Waals surface area contributed by atoms with Gasteiger partial charge in [0.2, 0.25) is 11.7 Å². The Morgan fingerprint density at radius 1 is 0.975 bits per heavy atom. The molecule has 0 saturated heterocycles. The Morgan fingerprint density at radius 2 is 1.70 bits per heavy atom. The van der Waals surface area contributed by atoms with E-state index in [4.69, 9.17) is 30.9 Å². The molecule has 0 spiro atoms. The topological polar surface area (TPSA) is 93.2 Å². The third-order valence-corrected chi connectivity index (χ3v) is 7.29. The number of carbonyl (C=O) groups excluding carboxylic acids is 1. The molecule has 0 aliphatic carbocycles. The molecule has 1 amide bonds. The number of halogens is 1. The van der Waals surface area contributed by atoms with Crippen LogP contribution >= 0.6 is 11.6 Å². The molecule has 5 rings (SSSR count). The molecule has 2 heterocycles. The summed E-state index contributed by atoms with van der Waals surface area (Å²) < 4.78 is 16.8. The van der Waals surface area contributed by atoms with Crippen LogP contribution in [-0.4, -0.2) is 42.9 Å². The van der Waals surface area contributed by atoms with Gasteiger partial charge in [0.05, 0.1) is 38.6 Å². The summed E-state index contributed by atoms with van der Waals surface area (Å²) >= 11 is 6.41. The van der Waals surface area contributed by atoms with Crippen molar-refractivity contribution in [3.05, 3.63) is 87.2 Å². The molecule has 0 radical (unpaired) electrons. The van der Waals surface area contributed by atoms with Gasteiger partial charge in [-0.2, -0.15) is 5.10 Å². The Balaban J connectivity index is 1.75. The van der Waals surface area contributed by atoms with Crippen molar-refractivity contribution in [2.45, 2.75) is 26.3 Å². The lowest BCUT2D eigenvalue weighted by atomic mass is 9.90. The van der Waals surface area contributed by atoms with Gasteiger partial charge in [0.25, 0.3) is 5.56 Å². The van der Waals surface area contributed by atoms with E-state index in [1.807, 2.05) is 56.3 Å². The minimum absolute atomic E-state index is 0.182. The summed E-state index contributed by atoms with van der Waals surface area (Å²) in [5.74, 6) is 0.832. The quantitative estimate of drug-likeness (QED) is 0.291. The number of hydrogen-bond acceptors (Lipinski definition) is 6. The minimum atomic E-state index is -0.544. The number of methoxy groups -OCH3 is 3. The molecular weight excluding hydrogens is 530 g/mol. The molecule has 1 unspecified atom stereocenters. The maximum Gasteiger partial charge on any atom is 0.258 e. The number of nitrogens with one attached hydrogen (secondary N) is 1. The average Bonchev–Trinajstić information content (AvgIpc) is 3.40. The molecule has 1 aliphatic rings. The molecule has 1 N–H and O–H groups in total. The third kappa shape index (κ3) is 4.69. The van der Waals surface area contributed by atoms with Crippen LogP contribution in [0.15, 0.2) is 70.6 Å². The fraction of sp³-hybridized carbons (Fsp3) is 0.258. The first-order valence-corrected chi connectivity index (χ1v) is 13.3. The highest BCUT2D eigenvalue weighted by Gasteiger charge is 2.38. The van der Waals surface area contributed by atoms with Crippen molar-refractivity contribution in [3.63, 3.8) is 0 Å². The van der Waals surface area contributed by atoms with Gasteiger partial charge in [0.1, 0.15) is 0 Å². The van der Waals surface area contributed by atoms with E-state index in [1.54, 1.807) is 25.3 Å². The number of nitrogens with zero attached hydrogens (tertiary/aromatic N) is 2. The molecule has 1 atom stereocenters. The fourth-order valence-corrected chi connectivity index (χ4v) is 5.38. The van der Waals surface area contributed by atoms with E-state index in [0.717, 1.165) is 10.9 Å². The van der Waals surface area contributed by atoms with Crippen molar-refractivity contribution >= 4 is 34.1 Å². The van der Waals surface area contributed by atoms with E-state index < -0.39 is 6.04 Å². The Bertz CT molecular complexity index is 1680. The SMILES string of the molecule is COc1ccc(C2CC(c3c(-c4ccccc4)c4cc(Cl)ccc4[nH]c3=O)=NN2C(=O)C(C)C)c(OC)c1OC. The highest BCUT2D eigenvalue weighted by atomic mass is 35.5. The van der Waals surface area contributed by atoms with Crippen molar-refractivity contribution in [1.82, 2.24) is 9.99 Å². The number of rotatable bonds is 7. The molecule has 4 aromatic rings. The maximum atomic E-state index is 13.7. The van der Waals surface area contributed by atoms with Crippen molar-refractivity contribution in [2.24, 2.45) is 11.0 Å². The van der Waals surface area contributed by atoms with Crippen molar-refractivity contribution in [1.29, 1.82) is 0 Å². The van der Waals surface area contributed by atoms with Crippen LogP contribution < -0.4 is 19.8 Å². The lowest BCUT2D eigenvalue weighted by molar-refractivity contribution is -0.136. The van der Waals surface area contributed by atoms with Gasteiger partial charge in [0.15, 0.2) is 11.5 Å². The molecule has 206 valence electrons. The number of benzene rings is 3. The lowest BCUT2D eigenvalue weighted by Gasteiger charge is -2.26. The zero-order chi connectivity index (χ0) is 28.6. The Kier molecular flexibility index (Phi) is 7.54. The molecule has 0 fully saturated rings. The van der Waals surface area contributed by atoms with Crippen LogP contribution in [0.1, 0.15) is 37.4 Å². The number of aromatic nitrogens is 1. The van der Waals surface area contributed by atoms with Crippen LogP contribution in [-0.2, 0) is 4.79 Å². The normalized spacial score (nSPS) is 14.9. The Hall–Kier alpha value is -4.30. The molecule has 3 aromatic carbocycles. The summed E-state index contributed by atoms with van der Waals surface area (Å²) in [6, 6.07) is 18.1. The van der Waals surface area contributed by atoms with E-state index in [2.05, 4.69) is 4.98 Å². The predicted molar refractivity (Wildman–Crippen MR) is 157 cm³/mol. The summed E-state index contributed by atoms with van der Waals surface area (Å²) in [7, 11) is 4.62. The Labute approximate surface area is 237 Å². The van der Waals surface area contributed by atoms with E-state index in [1.165, 1.54) is 19.2 Å². The van der Waals surface area contributed by atoms with Gasteiger partial charge in [-0.1, -0.05) is 55.8 Å². The summed E-state index contributed by atoms with van der Waals surface area (Å²) in [5.41, 5.74) is 3.47. The highest BCUT2D eigenvalue weighted by Crippen LogP contribution is 2.47. The van der Waals surface area contributed by atoms with Gasteiger partial charge < -0.3 is 19.2 Å². The third-order valence-electron chi connectivity index (χ3n) is 7.05. The van der Waals surface area contributed by atoms with Crippen molar-refractivity contribution in [2.75, 3.05) is 21.3 Å². The molecule has 1 aliphatic heterocycles. The van der Waals surface area contributed by atoms with Crippen LogP contribution in [0.4, 0.5) is 0 Å². The van der Waals surface area contributed by atoms with Gasteiger partial charge in [-0.15, -0.1) is 0 Å². The minimum Gasteiger partial charge on any atom is -0.493 e. The predicted octanol–water partition coefficient (Wildman–Crippen LogP) is 6.21. The number of hydrogen-bond donors (Lipinski definition) is 1. The second-order valence-corrected chi connectivity index (χ2v) is 10.2. The molecule has 0 bridgehead atoms. The zero-order valence-corrected chi connectivity index (χ0v) is 23.7. The first-order valence-electron chi connectivity index (χ1n) is 12.9. The summed E-state index contributed by atoms with van der Waals surface area (Å²) in [6.07, 6.45) is 0.277. The number of carbonyl (C=O) groups is 1. The molecular formula is C31H30ClN3O5. The number of hydrazone groups is 1. The number of pyridine rings is 1. The number of aromatic amines is 1. The number of amides is 1.